The Morgan fingerprint density at radius 1 is 1.35 bits per heavy atom. The Kier molecular flexibility index (Phi) is 5.43. The van der Waals surface area contributed by atoms with Crippen molar-refractivity contribution in [1.82, 2.24) is 10.6 Å². The summed E-state index contributed by atoms with van der Waals surface area (Å²) in [5.41, 5.74) is 0.434. The Morgan fingerprint density at radius 3 is 2.80 bits per heavy atom. The van der Waals surface area contributed by atoms with Gasteiger partial charge in [-0.25, -0.2) is 0 Å². The number of nitrogens with one attached hydrogen (secondary N) is 2. The molecule has 1 fully saturated rings. The average Bonchev–Trinajstić information content (AvgIpc) is 3.21. The molecular formula is C14H16BrClN2O2. The van der Waals surface area contributed by atoms with Gasteiger partial charge in [0.25, 0.3) is 5.91 Å². The molecule has 0 aliphatic heterocycles. The fraction of sp³-hybridized carbons (Fsp3) is 0.429. The molecule has 2 amide bonds. The fourth-order valence-electron chi connectivity index (χ4n) is 1.75. The Hall–Kier alpha value is -1.07. The Morgan fingerprint density at radius 2 is 2.10 bits per heavy atom. The lowest BCUT2D eigenvalue weighted by atomic mass is 10.2. The summed E-state index contributed by atoms with van der Waals surface area (Å²) in [5.74, 6) is -0.166. The molecule has 6 heteroatoms. The van der Waals surface area contributed by atoms with Crippen LogP contribution in [0.25, 0.3) is 0 Å². The van der Waals surface area contributed by atoms with Crippen molar-refractivity contribution in [2.24, 2.45) is 0 Å². The molecule has 108 valence electrons. The van der Waals surface area contributed by atoms with Crippen molar-refractivity contribution in [3.8, 4) is 0 Å². The van der Waals surface area contributed by atoms with E-state index in [1.165, 1.54) is 0 Å². The molecule has 1 aliphatic carbocycles. The van der Waals surface area contributed by atoms with Gasteiger partial charge in [-0.2, -0.15) is 0 Å². The average molecular weight is 360 g/mol. The van der Waals surface area contributed by atoms with Gasteiger partial charge in [-0.3, -0.25) is 9.59 Å². The first-order chi connectivity index (χ1) is 9.56. The van der Waals surface area contributed by atoms with E-state index >= 15 is 0 Å². The van der Waals surface area contributed by atoms with Crippen molar-refractivity contribution in [1.29, 1.82) is 0 Å². The molecule has 20 heavy (non-hydrogen) atoms. The van der Waals surface area contributed by atoms with Crippen LogP contribution in [0.5, 0.6) is 0 Å². The summed E-state index contributed by atoms with van der Waals surface area (Å²) >= 11 is 9.28. The van der Waals surface area contributed by atoms with Gasteiger partial charge in [0.2, 0.25) is 5.91 Å². The van der Waals surface area contributed by atoms with Gasteiger partial charge in [-0.1, -0.05) is 27.5 Å². The summed E-state index contributed by atoms with van der Waals surface area (Å²) in [5, 5.41) is 6.09. The van der Waals surface area contributed by atoms with Crippen LogP contribution >= 0.6 is 27.5 Å². The number of hydrogen-bond donors (Lipinski definition) is 2. The second kappa shape index (κ2) is 7.09. The Labute approximate surface area is 131 Å². The van der Waals surface area contributed by atoms with Gasteiger partial charge in [0.15, 0.2) is 0 Å². The number of carbonyl (C=O) groups is 2. The highest BCUT2D eigenvalue weighted by atomic mass is 79.9. The minimum Gasteiger partial charge on any atom is -0.353 e. The molecule has 0 spiro atoms. The summed E-state index contributed by atoms with van der Waals surface area (Å²) < 4.78 is 0.802. The molecule has 0 atom stereocenters. The molecule has 1 aromatic rings. The lowest BCUT2D eigenvalue weighted by molar-refractivity contribution is -0.121. The van der Waals surface area contributed by atoms with Crippen LogP contribution in [0.2, 0.25) is 5.02 Å². The van der Waals surface area contributed by atoms with Crippen molar-refractivity contribution >= 4 is 39.3 Å². The zero-order valence-electron chi connectivity index (χ0n) is 10.9. The number of benzene rings is 1. The highest BCUT2D eigenvalue weighted by molar-refractivity contribution is 9.10. The van der Waals surface area contributed by atoms with Gasteiger partial charge in [-0.05, 0) is 37.5 Å². The number of rotatable bonds is 6. The Balaban J connectivity index is 1.71. The SMILES string of the molecule is O=C(CCCNC(=O)c1cc(Br)ccc1Cl)NC1CC1. The molecule has 0 saturated heterocycles. The first-order valence-electron chi connectivity index (χ1n) is 6.59. The molecule has 0 bridgehead atoms. The predicted molar refractivity (Wildman–Crippen MR) is 81.9 cm³/mol. The van der Waals surface area contributed by atoms with Gasteiger partial charge < -0.3 is 10.6 Å². The first-order valence-corrected chi connectivity index (χ1v) is 7.76. The van der Waals surface area contributed by atoms with Crippen LogP contribution in [-0.4, -0.2) is 24.4 Å². The molecule has 2 rings (SSSR count). The molecule has 0 radical (unpaired) electrons. The number of halogens is 2. The molecule has 0 unspecified atom stereocenters. The Bertz CT molecular complexity index is 518. The molecular weight excluding hydrogens is 344 g/mol. The summed E-state index contributed by atoms with van der Waals surface area (Å²) in [7, 11) is 0. The van der Waals surface area contributed by atoms with Crippen LogP contribution in [-0.2, 0) is 4.79 Å². The lowest BCUT2D eigenvalue weighted by Gasteiger charge is -2.07. The van der Waals surface area contributed by atoms with Crippen molar-refractivity contribution < 1.29 is 9.59 Å². The monoisotopic (exact) mass is 358 g/mol. The van der Waals surface area contributed by atoms with Gasteiger partial charge in [-0.15, -0.1) is 0 Å². The van der Waals surface area contributed by atoms with Gasteiger partial charge >= 0.3 is 0 Å². The normalized spacial score (nSPS) is 13.9. The third kappa shape index (κ3) is 4.80. The second-order valence-corrected chi connectivity index (χ2v) is 6.15. The zero-order valence-corrected chi connectivity index (χ0v) is 13.3. The minimum absolute atomic E-state index is 0.0576. The molecule has 1 aromatic carbocycles. The number of carbonyl (C=O) groups excluding carboxylic acids is 2. The van der Waals surface area contributed by atoms with Crippen molar-refractivity contribution in [3.05, 3.63) is 33.3 Å². The van der Waals surface area contributed by atoms with Crippen LogP contribution in [0, 0.1) is 0 Å². The topological polar surface area (TPSA) is 58.2 Å². The van der Waals surface area contributed by atoms with Crippen LogP contribution in [0.3, 0.4) is 0 Å². The number of hydrogen-bond acceptors (Lipinski definition) is 2. The zero-order chi connectivity index (χ0) is 14.5. The van der Waals surface area contributed by atoms with Gasteiger partial charge in [0.1, 0.15) is 0 Å². The third-order valence-electron chi connectivity index (χ3n) is 2.98. The van der Waals surface area contributed by atoms with Crippen LogP contribution in [0.4, 0.5) is 0 Å². The molecule has 2 N–H and O–H groups in total. The van der Waals surface area contributed by atoms with Crippen LogP contribution in [0.1, 0.15) is 36.0 Å². The van der Waals surface area contributed by atoms with Gasteiger partial charge in [0.05, 0.1) is 10.6 Å². The summed E-state index contributed by atoms with van der Waals surface area (Å²) in [6.45, 7) is 0.458. The van der Waals surface area contributed by atoms with E-state index in [4.69, 9.17) is 11.6 Å². The summed E-state index contributed by atoms with van der Waals surface area (Å²) in [6, 6.07) is 5.51. The van der Waals surface area contributed by atoms with Crippen LogP contribution in [0.15, 0.2) is 22.7 Å². The van der Waals surface area contributed by atoms with Crippen molar-refractivity contribution in [2.75, 3.05) is 6.54 Å². The van der Waals surface area contributed by atoms with E-state index in [0.29, 0.717) is 36.0 Å². The van der Waals surface area contributed by atoms with E-state index in [9.17, 15) is 9.59 Å². The first kappa shape index (κ1) is 15.3. The largest absolute Gasteiger partial charge is 0.353 e. The van der Waals surface area contributed by atoms with E-state index < -0.39 is 0 Å². The smallest absolute Gasteiger partial charge is 0.252 e. The maximum Gasteiger partial charge on any atom is 0.252 e. The number of amides is 2. The minimum atomic E-state index is -0.223. The molecule has 4 nitrogen and oxygen atoms in total. The quantitative estimate of drug-likeness (QED) is 0.767. The molecule has 1 aliphatic rings. The maximum absolute atomic E-state index is 11.9. The third-order valence-corrected chi connectivity index (χ3v) is 3.80. The highest BCUT2D eigenvalue weighted by Gasteiger charge is 2.22. The molecule has 0 aromatic heterocycles. The maximum atomic E-state index is 11.9. The highest BCUT2D eigenvalue weighted by Crippen LogP contribution is 2.21. The van der Waals surface area contributed by atoms with E-state index in [-0.39, 0.29) is 11.8 Å². The van der Waals surface area contributed by atoms with E-state index in [2.05, 4.69) is 26.6 Å². The summed E-state index contributed by atoms with van der Waals surface area (Å²) in [4.78, 5) is 23.4. The van der Waals surface area contributed by atoms with Crippen LogP contribution < -0.4 is 10.6 Å². The van der Waals surface area contributed by atoms with Crippen molar-refractivity contribution in [2.45, 2.75) is 31.7 Å². The molecule has 1 saturated carbocycles. The lowest BCUT2D eigenvalue weighted by Crippen LogP contribution is -2.28. The standard InChI is InChI=1S/C14H16BrClN2O2/c15-9-3-6-12(16)11(8-9)14(20)17-7-1-2-13(19)18-10-4-5-10/h3,6,8,10H,1-2,4-5,7H2,(H,17,20)(H,18,19). The fourth-order valence-corrected chi connectivity index (χ4v) is 2.31. The van der Waals surface area contributed by atoms with E-state index in [0.717, 1.165) is 17.3 Å². The predicted octanol–water partition coefficient (Wildman–Crippen LogP) is 2.89. The molecule has 0 heterocycles. The van der Waals surface area contributed by atoms with Gasteiger partial charge in [0, 0.05) is 23.5 Å². The van der Waals surface area contributed by atoms with E-state index in [1.54, 1.807) is 18.2 Å². The summed E-state index contributed by atoms with van der Waals surface area (Å²) in [6.07, 6.45) is 3.23. The van der Waals surface area contributed by atoms with E-state index in [1.807, 2.05) is 0 Å². The second-order valence-electron chi connectivity index (χ2n) is 4.83. The van der Waals surface area contributed by atoms with Crippen molar-refractivity contribution in [3.63, 3.8) is 0 Å².